The Morgan fingerprint density at radius 3 is 2.71 bits per heavy atom. The SMILES string of the molecule is COc1ccc(NC(C)c2ccc(F)cn2)c([N+](=O)[O-])c1. The highest BCUT2D eigenvalue weighted by Gasteiger charge is 2.17. The molecule has 0 saturated heterocycles. The summed E-state index contributed by atoms with van der Waals surface area (Å²) in [5, 5.41) is 14.1. The van der Waals surface area contributed by atoms with E-state index < -0.39 is 10.7 Å². The van der Waals surface area contributed by atoms with Crippen LogP contribution < -0.4 is 10.1 Å². The molecule has 2 rings (SSSR count). The van der Waals surface area contributed by atoms with Crippen molar-refractivity contribution in [3.05, 3.63) is 58.2 Å². The molecule has 0 aliphatic heterocycles. The van der Waals surface area contributed by atoms with Gasteiger partial charge in [0.05, 0.1) is 36.0 Å². The number of halogens is 1. The summed E-state index contributed by atoms with van der Waals surface area (Å²) >= 11 is 0. The lowest BCUT2D eigenvalue weighted by molar-refractivity contribution is -0.384. The number of aromatic nitrogens is 1. The first kappa shape index (κ1) is 14.7. The van der Waals surface area contributed by atoms with Crippen LogP contribution in [-0.2, 0) is 0 Å². The molecule has 0 aliphatic rings. The number of benzene rings is 1. The Kier molecular flexibility index (Phi) is 4.32. The van der Waals surface area contributed by atoms with Gasteiger partial charge in [-0.25, -0.2) is 4.39 Å². The number of nitrogens with one attached hydrogen (secondary N) is 1. The first-order chi connectivity index (χ1) is 10.0. The van der Waals surface area contributed by atoms with Crippen molar-refractivity contribution in [2.24, 2.45) is 0 Å². The molecule has 0 bridgehead atoms. The predicted octanol–water partition coefficient (Wildman–Crippen LogP) is 3.31. The largest absolute Gasteiger partial charge is 0.496 e. The number of rotatable bonds is 5. The molecule has 7 heteroatoms. The van der Waals surface area contributed by atoms with Crippen LogP contribution >= 0.6 is 0 Å². The summed E-state index contributed by atoms with van der Waals surface area (Å²) in [6.45, 7) is 1.79. The molecular formula is C14H14FN3O3. The minimum atomic E-state index is -0.490. The fraction of sp³-hybridized carbons (Fsp3) is 0.214. The van der Waals surface area contributed by atoms with E-state index in [9.17, 15) is 14.5 Å². The van der Waals surface area contributed by atoms with Gasteiger partial charge in [0.25, 0.3) is 5.69 Å². The van der Waals surface area contributed by atoms with Crippen LogP contribution in [0.2, 0.25) is 0 Å². The molecule has 6 nitrogen and oxygen atoms in total. The topological polar surface area (TPSA) is 77.3 Å². The van der Waals surface area contributed by atoms with Gasteiger partial charge >= 0.3 is 0 Å². The quantitative estimate of drug-likeness (QED) is 0.675. The maximum Gasteiger partial charge on any atom is 0.296 e. The van der Waals surface area contributed by atoms with E-state index in [-0.39, 0.29) is 11.7 Å². The van der Waals surface area contributed by atoms with Crippen LogP contribution in [0.3, 0.4) is 0 Å². The third-order valence-corrected chi connectivity index (χ3v) is 2.97. The molecule has 0 radical (unpaired) electrons. The van der Waals surface area contributed by atoms with E-state index in [1.54, 1.807) is 19.1 Å². The van der Waals surface area contributed by atoms with Gasteiger partial charge in [0.15, 0.2) is 0 Å². The van der Waals surface area contributed by atoms with Crippen molar-refractivity contribution in [1.29, 1.82) is 0 Å². The molecule has 0 spiro atoms. The summed E-state index contributed by atoms with van der Waals surface area (Å²) in [6, 6.07) is 7.05. The van der Waals surface area contributed by atoms with Gasteiger partial charge in [-0.15, -0.1) is 0 Å². The fourth-order valence-corrected chi connectivity index (χ4v) is 1.86. The standard InChI is InChI=1S/C14H14FN3O3/c1-9(12-5-3-10(15)8-16-12)17-13-6-4-11(21-2)7-14(13)18(19)20/h3-9,17H,1-2H3. The molecule has 110 valence electrons. The van der Waals surface area contributed by atoms with Crippen LogP contribution in [-0.4, -0.2) is 17.0 Å². The number of hydrogen-bond donors (Lipinski definition) is 1. The van der Waals surface area contributed by atoms with E-state index in [2.05, 4.69) is 10.3 Å². The van der Waals surface area contributed by atoms with Crippen LogP contribution in [0.1, 0.15) is 18.7 Å². The number of methoxy groups -OCH3 is 1. The fourth-order valence-electron chi connectivity index (χ4n) is 1.86. The molecule has 1 aromatic carbocycles. The molecule has 2 aromatic rings. The van der Waals surface area contributed by atoms with Crippen molar-refractivity contribution in [3.63, 3.8) is 0 Å². The Labute approximate surface area is 120 Å². The monoisotopic (exact) mass is 291 g/mol. The highest BCUT2D eigenvalue weighted by Crippen LogP contribution is 2.31. The molecule has 0 amide bonds. The summed E-state index contributed by atoms with van der Waals surface area (Å²) in [7, 11) is 1.44. The van der Waals surface area contributed by atoms with Gasteiger partial charge in [0.1, 0.15) is 17.3 Å². The molecule has 0 aliphatic carbocycles. The van der Waals surface area contributed by atoms with E-state index in [0.717, 1.165) is 6.20 Å². The highest BCUT2D eigenvalue weighted by molar-refractivity contribution is 5.64. The second-order valence-corrected chi connectivity index (χ2v) is 4.41. The number of nitro groups is 1. The van der Waals surface area contributed by atoms with Gasteiger partial charge in [0.2, 0.25) is 0 Å². The summed E-state index contributed by atoms with van der Waals surface area (Å²) < 4.78 is 17.8. The van der Waals surface area contributed by atoms with E-state index in [1.807, 2.05) is 0 Å². The lowest BCUT2D eigenvalue weighted by Crippen LogP contribution is -2.10. The number of nitro benzene ring substituents is 1. The Bertz CT molecular complexity index is 646. The summed E-state index contributed by atoms with van der Waals surface area (Å²) in [4.78, 5) is 14.6. The first-order valence-corrected chi connectivity index (χ1v) is 6.21. The minimum absolute atomic E-state index is 0.0942. The highest BCUT2D eigenvalue weighted by atomic mass is 19.1. The lowest BCUT2D eigenvalue weighted by atomic mass is 10.2. The Balaban J connectivity index is 2.26. The van der Waals surface area contributed by atoms with E-state index >= 15 is 0 Å². The van der Waals surface area contributed by atoms with Gasteiger partial charge in [-0.3, -0.25) is 15.1 Å². The number of pyridine rings is 1. The maximum absolute atomic E-state index is 12.8. The Hall–Kier alpha value is -2.70. The van der Waals surface area contributed by atoms with Crippen molar-refractivity contribution in [2.45, 2.75) is 13.0 Å². The molecule has 21 heavy (non-hydrogen) atoms. The first-order valence-electron chi connectivity index (χ1n) is 6.21. The molecule has 1 aromatic heterocycles. The smallest absolute Gasteiger partial charge is 0.296 e. The van der Waals surface area contributed by atoms with E-state index in [1.165, 1.54) is 25.3 Å². The zero-order chi connectivity index (χ0) is 15.4. The van der Waals surface area contributed by atoms with Gasteiger partial charge in [-0.2, -0.15) is 0 Å². The predicted molar refractivity (Wildman–Crippen MR) is 75.9 cm³/mol. The number of ether oxygens (including phenoxy) is 1. The molecule has 1 atom stereocenters. The van der Waals surface area contributed by atoms with Crippen molar-refractivity contribution < 1.29 is 14.1 Å². The molecule has 0 saturated carbocycles. The second kappa shape index (κ2) is 6.17. The van der Waals surface area contributed by atoms with Gasteiger partial charge < -0.3 is 10.1 Å². The molecule has 1 unspecified atom stereocenters. The second-order valence-electron chi connectivity index (χ2n) is 4.41. The molecular weight excluding hydrogens is 277 g/mol. The number of anilines is 1. The van der Waals surface area contributed by atoms with Gasteiger partial charge in [-0.05, 0) is 31.2 Å². The van der Waals surface area contributed by atoms with Gasteiger partial charge in [-0.1, -0.05) is 0 Å². The molecule has 0 fully saturated rings. The van der Waals surface area contributed by atoms with Crippen LogP contribution in [0, 0.1) is 15.9 Å². The number of hydrogen-bond acceptors (Lipinski definition) is 5. The zero-order valence-corrected chi connectivity index (χ0v) is 11.5. The van der Waals surface area contributed by atoms with Crippen LogP contribution in [0.25, 0.3) is 0 Å². The van der Waals surface area contributed by atoms with Crippen molar-refractivity contribution in [2.75, 3.05) is 12.4 Å². The third-order valence-electron chi connectivity index (χ3n) is 2.97. The molecule has 1 heterocycles. The minimum Gasteiger partial charge on any atom is -0.496 e. The normalized spacial score (nSPS) is 11.8. The average Bonchev–Trinajstić information content (AvgIpc) is 2.48. The van der Waals surface area contributed by atoms with Crippen molar-refractivity contribution >= 4 is 11.4 Å². The summed E-state index contributed by atoms with van der Waals surface area (Å²) in [6.07, 6.45) is 1.11. The van der Waals surface area contributed by atoms with E-state index in [0.29, 0.717) is 17.1 Å². The average molecular weight is 291 g/mol. The summed E-state index contributed by atoms with van der Waals surface area (Å²) in [5.41, 5.74) is 0.837. The van der Waals surface area contributed by atoms with Crippen LogP contribution in [0.15, 0.2) is 36.5 Å². The number of nitrogens with zero attached hydrogens (tertiary/aromatic N) is 2. The Morgan fingerprint density at radius 2 is 2.14 bits per heavy atom. The lowest BCUT2D eigenvalue weighted by Gasteiger charge is -2.15. The van der Waals surface area contributed by atoms with Crippen LogP contribution in [0.5, 0.6) is 5.75 Å². The molecule has 1 N–H and O–H groups in total. The van der Waals surface area contributed by atoms with Crippen molar-refractivity contribution in [3.8, 4) is 5.75 Å². The maximum atomic E-state index is 12.8. The van der Waals surface area contributed by atoms with Crippen LogP contribution in [0.4, 0.5) is 15.8 Å². The van der Waals surface area contributed by atoms with Gasteiger partial charge in [0, 0.05) is 0 Å². The third kappa shape index (κ3) is 3.44. The van der Waals surface area contributed by atoms with Crippen molar-refractivity contribution in [1.82, 2.24) is 4.98 Å². The zero-order valence-electron chi connectivity index (χ0n) is 11.5. The summed E-state index contributed by atoms with van der Waals surface area (Å²) in [5.74, 6) is -0.0267. The van der Waals surface area contributed by atoms with E-state index in [4.69, 9.17) is 4.74 Å². The Morgan fingerprint density at radius 1 is 1.38 bits per heavy atom.